The molecule has 1 rings (SSSR count). The van der Waals surface area contributed by atoms with Gasteiger partial charge in [0.05, 0.1) is 5.37 Å². The van der Waals surface area contributed by atoms with Crippen LogP contribution in [0, 0.1) is 0 Å². The second-order valence-corrected chi connectivity index (χ2v) is 2.85. The Morgan fingerprint density at radius 2 is 2.50 bits per heavy atom. The molecule has 0 unspecified atom stereocenters. The van der Waals surface area contributed by atoms with E-state index in [1.807, 2.05) is 0 Å². The van der Waals surface area contributed by atoms with E-state index in [0.29, 0.717) is 5.37 Å². The molecule has 0 N–H and O–H groups in total. The van der Waals surface area contributed by atoms with Crippen LogP contribution in [0.3, 0.4) is 0 Å². The number of hydrogen-bond acceptors (Lipinski definition) is 2. The van der Waals surface area contributed by atoms with Gasteiger partial charge in [-0.1, -0.05) is 6.92 Å². The molecular formula is C6H13NS. The highest BCUT2D eigenvalue weighted by Crippen LogP contribution is 2.18. The third-order valence-corrected chi connectivity index (χ3v) is 2.32. The highest BCUT2D eigenvalue weighted by atomic mass is 32.1. The Labute approximate surface area is 56.5 Å². The molecule has 1 fully saturated rings. The maximum absolute atomic E-state index is 4.39. The van der Waals surface area contributed by atoms with Crippen molar-refractivity contribution in [3.8, 4) is 0 Å². The van der Waals surface area contributed by atoms with Crippen LogP contribution in [-0.2, 0) is 0 Å². The third-order valence-electron chi connectivity index (χ3n) is 1.74. The average molecular weight is 131 g/mol. The Hall–Kier alpha value is 0.310. The molecule has 8 heavy (non-hydrogen) atoms. The van der Waals surface area contributed by atoms with Crippen molar-refractivity contribution in [1.29, 1.82) is 0 Å². The van der Waals surface area contributed by atoms with Crippen LogP contribution < -0.4 is 0 Å². The van der Waals surface area contributed by atoms with E-state index in [2.05, 4.69) is 24.5 Å². The van der Waals surface area contributed by atoms with Gasteiger partial charge >= 0.3 is 0 Å². The lowest BCUT2D eigenvalue weighted by Gasteiger charge is -2.16. The van der Waals surface area contributed by atoms with Crippen LogP contribution in [0.15, 0.2) is 0 Å². The first-order chi connectivity index (χ1) is 3.84. The summed E-state index contributed by atoms with van der Waals surface area (Å²) in [6.07, 6.45) is 2.61. The van der Waals surface area contributed by atoms with E-state index < -0.39 is 0 Å². The van der Waals surface area contributed by atoms with Gasteiger partial charge in [-0.15, -0.1) is 0 Å². The normalized spacial score (nSPS) is 31.5. The molecule has 0 aromatic heterocycles. The predicted octanol–water partition coefficient (Wildman–Crippen LogP) is 1.36. The summed E-state index contributed by atoms with van der Waals surface area (Å²) in [5.74, 6) is 0. The minimum atomic E-state index is 0.556. The van der Waals surface area contributed by atoms with Crippen molar-refractivity contribution in [3.05, 3.63) is 0 Å². The van der Waals surface area contributed by atoms with Crippen molar-refractivity contribution in [1.82, 2.24) is 4.90 Å². The molecule has 0 bridgehead atoms. The van der Waals surface area contributed by atoms with E-state index in [1.54, 1.807) is 0 Å². The molecule has 0 aliphatic carbocycles. The summed E-state index contributed by atoms with van der Waals surface area (Å²) in [6.45, 7) is 4.60. The molecule has 48 valence electrons. The van der Waals surface area contributed by atoms with Gasteiger partial charge < -0.3 is 0 Å². The molecule has 0 radical (unpaired) electrons. The van der Waals surface area contributed by atoms with Crippen LogP contribution in [0.25, 0.3) is 0 Å². The fourth-order valence-electron chi connectivity index (χ4n) is 1.18. The fourth-order valence-corrected chi connectivity index (χ4v) is 1.64. The van der Waals surface area contributed by atoms with Gasteiger partial charge in [-0.05, 0) is 25.9 Å². The van der Waals surface area contributed by atoms with Gasteiger partial charge in [0.1, 0.15) is 0 Å². The van der Waals surface area contributed by atoms with Gasteiger partial charge in [0, 0.05) is 0 Å². The number of thiol groups is 1. The largest absolute Gasteiger partial charge is 0.292 e. The summed E-state index contributed by atoms with van der Waals surface area (Å²) in [7, 11) is 0. The van der Waals surface area contributed by atoms with E-state index in [-0.39, 0.29) is 0 Å². The van der Waals surface area contributed by atoms with Crippen molar-refractivity contribution in [2.75, 3.05) is 13.1 Å². The maximum atomic E-state index is 4.39. The highest BCUT2D eigenvalue weighted by Gasteiger charge is 2.17. The fraction of sp³-hybridized carbons (Fsp3) is 1.00. The molecule has 0 aromatic rings. The van der Waals surface area contributed by atoms with Crippen LogP contribution in [0.4, 0.5) is 0 Å². The van der Waals surface area contributed by atoms with E-state index in [9.17, 15) is 0 Å². The standard InChI is InChI=1S/C6H13NS/c1-2-7-5-3-4-6(7)8/h6,8H,2-5H2,1H3/t6-/m1/s1. The lowest BCUT2D eigenvalue weighted by molar-refractivity contribution is 0.337. The van der Waals surface area contributed by atoms with Gasteiger partial charge in [-0.25, -0.2) is 0 Å². The summed E-state index contributed by atoms with van der Waals surface area (Å²) < 4.78 is 0. The molecule has 2 heteroatoms. The number of hydrogen-bond donors (Lipinski definition) is 1. The first kappa shape index (κ1) is 6.43. The maximum Gasteiger partial charge on any atom is 0.0527 e. The predicted molar refractivity (Wildman–Crippen MR) is 39.3 cm³/mol. The minimum absolute atomic E-state index is 0.556. The Morgan fingerprint density at radius 1 is 1.75 bits per heavy atom. The van der Waals surface area contributed by atoms with E-state index in [4.69, 9.17) is 0 Å². The van der Waals surface area contributed by atoms with Gasteiger partial charge in [0.25, 0.3) is 0 Å². The van der Waals surface area contributed by atoms with Crippen LogP contribution in [0.2, 0.25) is 0 Å². The van der Waals surface area contributed by atoms with Crippen molar-refractivity contribution >= 4 is 12.6 Å². The monoisotopic (exact) mass is 131 g/mol. The lowest BCUT2D eigenvalue weighted by Crippen LogP contribution is -2.24. The van der Waals surface area contributed by atoms with Crippen LogP contribution in [0.5, 0.6) is 0 Å². The molecule has 0 amide bonds. The molecule has 0 aromatic carbocycles. The summed E-state index contributed by atoms with van der Waals surface area (Å²) >= 11 is 4.39. The van der Waals surface area contributed by atoms with Crippen LogP contribution in [0.1, 0.15) is 19.8 Å². The van der Waals surface area contributed by atoms with E-state index >= 15 is 0 Å². The summed E-state index contributed by atoms with van der Waals surface area (Å²) in [4.78, 5) is 2.39. The summed E-state index contributed by atoms with van der Waals surface area (Å²) in [5, 5.41) is 0.556. The van der Waals surface area contributed by atoms with Crippen molar-refractivity contribution in [2.45, 2.75) is 25.1 Å². The molecule has 1 aliphatic rings. The van der Waals surface area contributed by atoms with Gasteiger partial charge in [0.2, 0.25) is 0 Å². The van der Waals surface area contributed by atoms with Crippen molar-refractivity contribution in [2.24, 2.45) is 0 Å². The second kappa shape index (κ2) is 2.74. The molecule has 1 heterocycles. The Kier molecular flexibility index (Phi) is 2.20. The SMILES string of the molecule is CCN1CCC[C@H]1S. The smallest absolute Gasteiger partial charge is 0.0527 e. The Balaban J connectivity index is 2.30. The third kappa shape index (κ3) is 1.17. The molecular weight excluding hydrogens is 118 g/mol. The summed E-state index contributed by atoms with van der Waals surface area (Å²) in [5.41, 5.74) is 0. The molecule has 1 nitrogen and oxygen atoms in total. The van der Waals surface area contributed by atoms with Crippen LogP contribution >= 0.6 is 12.6 Å². The number of likely N-dealkylation sites (tertiary alicyclic amines) is 1. The van der Waals surface area contributed by atoms with Crippen molar-refractivity contribution < 1.29 is 0 Å². The average Bonchev–Trinajstić information content (AvgIpc) is 2.14. The molecule has 1 saturated heterocycles. The quantitative estimate of drug-likeness (QED) is 0.526. The Bertz CT molecular complexity index is 74.9. The van der Waals surface area contributed by atoms with Gasteiger partial charge in [0.15, 0.2) is 0 Å². The zero-order chi connectivity index (χ0) is 5.98. The first-order valence-electron chi connectivity index (χ1n) is 3.26. The zero-order valence-corrected chi connectivity index (χ0v) is 6.19. The topological polar surface area (TPSA) is 3.24 Å². The first-order valence-corrected chi connectivity index (χ1v) is 3.78. The van der Waals surface area contributed by atoms with Gasteiger partial charge in [-0.2, -0.15) is 12.6 Å². The number of rotatable bonds is 1. The second-order valence-electron chi connectivity index (χ2n) is 2.25. The zero-order valence-electron chi connectivity index (χ0n) is 5.30. The van der Waals surface area contributed by atoms with Gasteiger partial charge in [-0.3, -0.25) is 4.90 Å². The summed E-state index contributed by atoms with van der Waals surface area (Å²) in [6, 6.07) is 0. The molecule has 1 aliphatic heterocycles. The minimum Gasteiger partial charge on any atom is -0.292 e. The highest BCUT2D eigenvalue weighted by molar-refractivity contribution is 7.80. The van der Waals surface area contributed by atoms with Crippen LogP contribution in [-0.4, -0.2) is 23.4 Å². The lowest BCUT2D eigenvalue weighted by atomic mass is 10.4. The Morgan fingerprint density at radius 3 is 2.75 bits per heavy atom. The molecule has 0 saturated carbocycles. The van der Waals surface area contributed by atoms with E-state index in [0.717, 1.165) is 6.54 Å². The number of nitrogens with zero attached hydrogens (tertiary/aromatic N) is 1. The van der Waals surface area contributed by atoms with Crippen molar-refractivity contribution in [3.63, 3.8) is 0 Å². The molecule has 1 atom stereocenters. The van der Waals surface area contributed by atoms with E-state index in [1.165, 1.54) is 19.4 Å². The molecule has 0 spiro atoms.